The van der Waals surface area contributed by atoms with Crippen LogP contribution in [0.15, 0.2) is 59.6 Å². The Kier molecular flexibility index (Phi) is 4.26. The Morgan fingerprint density at radius 1 is 0.958 bits per heavy atom. The molecule has 0 radical (unpaired) electrons. The fourth-order valence-corrected chi connectivity index (χ4v) is 3.65. The van der Waals surface area contributed by atoms with Gasteiger partial charge in [-0.15, -0.1) is 0 Å². The molecule has 0 aliphatic rings. The number of pyridine rings is 1. The Morgan fingerprint density at radius 3 is 2.38 bits per heavy atom. The van der Waals surface area contributed by atoms with E-state index in [4.69, 9.17) is 9.47 Å². The molecule has 124 valence electrons. The molecule has 0 fully saturated rings. The monoisotopic (exact) mass is 344 g/mol. The molecule has 3 aromatic rings. The smallest absolute Gasteiger partial charge is 0.262 e. The highest BCUT2D eigenvalue weighted by atomic mass is 32.2. The summed E-state index contributed by atoms with van der Waals surface area (Å²) in [7, 11) is -0.699. The first-order chi connectivity index (χ1) is 11.5. The summed E-state index contributed by atoms with van der Waals surface area (Å²) in [5.41, 5.74) is 0.946. The van der Waals surface area contributed by atoms with E-state index in [0.29, 0.717) is 28.1 Å². The molecule has 0 saturated heterocycles. The molecule has 2 aromatic carbocycles. The third-order valence-electron chi connectivity index (χ3n) is 3.54. The third-order valence-corrected chi connectivity index (χ3v) is 4.98. The predicted molar refractivity (Wildman–Crippen MR) is 92.1 cm³/mol. The summed E-state index contributed by atoms with van der Waals surface area (Å²) >= 11 is 0. The number of hydrogen-bond donors (Lipinski definition) is 1. The van der Waals surface area contributed by atoms with Gasteiger partial charge in [-0.3, -0.25) is 9.71 Å². The number of sulfonamides is 1. The zero-order valence-electron chi connectivity index (χ0n) is 13.2. The number of ether oxygens (including phenoxy) is 2. The van der Waals surface area contributed by atoms with E-state index in [0.717, 1.165) is 0 Å². The fraction of sp³-hybridized carbons (Fsp3) is 0.118. The summed E-state index contributed by atoms with van der Waals surface area (Å²) in [5, 5.41) is 0.498. The van der Waals surface area contributed by atoms with Crippen LogP contribution in [0.1, 0.15) is 0 Å². The van der Waals surface area contributed by atoms with Gasteiger partial charge in [-0.1, -0.05) is 0 Å². The van der Waals surface area contributed by atoms with Crippen molar-refractivity contribution in [2.24, 2.45) is 0 Å². The molecule has 6 nitrogen and oxygen atoms in total. The van der Waals surface area contributed by atoms with Gasteiger partial charge in [0.15, 0.2) is 0 Å². The molecule has 0 amide bonds. The van der Waals surface area contributed by atoms with Crippen LogP contribution in [0.4, 0.5) is 5.69 Å². The standard InChI is InChI=1S/C17H16N2O4S/c1-22-13-7-5-12(6-8-13)19-24(20,21)16-10-9-15(23-2)17-14(16)4-3-11-18-17/h3-11,19H,1-2H3. The van der Waals surface area contributed by atoms with Crippen molar-refractivity contribution in [3.63, 3.8) is 0 Å². The van der Waals surface area contributed by atoms with Crippen LogP contribution in [-0.2, 0) is 10.0 Å². The Bertz CT molecular complexity index is 970. The molecule has 0 saturated carbocycles. The molecule has 0 bridgehead atoms. The zero-order chi connectivity index (χ0) is 17.2. The molecule has 7 heteroatoms. The van der Waals surface area contributed by atoms with Crippen molar-refractivity contribution >= 4 is 26.6 Å². The average Bonchev–Trinajstić information content (AvgIpc) is 2.61. The van der Waals surface area contributed by atoms with Crippen molar-refractivity contribution in [2.75, 3.05) is 18.9 Å². The number of hydrogen-bond acceptors (Lipinski definition) is 5. The fourth-order valence-electron chi connectivity index (χ4n) is 2.39. The third kappa shape index (κ3) is 2.98. The van der Waals surface area contributed by atoms with Gasteiger partial charge in [0.25, 0.3) is 10.0 Å². The molecular formula is C17H16N2O4S. The number of rotatable bonds is 5. The van der Waals surface area contributed by atoms with Crippen molar-refractivity contribution in [3.05, 3.63) is 54.7 Å². The highest BCUT2D eigenvalue weighted by Gasteiger charge is 2.19. The molecule has 0 unspecified atom stereocenters. The quantitative estimate of drug-likeness (QED) is 0.770. The van der Waals surface area contributed by atoms with Gasteiger partial charge in [-0.05, 0) is 48.5 Å². The summed E-state index contributed by atoms with van der Waals surface area (Å²) in [4.78, 5) is 4.36. The number of fused-ring (bicyclic) bond motifs is 1. The predicted octanol–water partition coefficient (Wildman–Crippen LogP) is 3.05. The van der Waals surface area contributed by atoms with Gasteiger partial charge in [0.1, 0.15) is 17.0 Å². The van der Waals surface area contributed by atoms with Crippen LogP contribution in [0.5, 0.6) is 11.5 Å². The Balaban J connectivity index is 2.05. The average molecular weight is 344 g/mol. The van der Waals surface area contributed by atoms with E-state index in [1.807, 2.05) is 0 Å². The van der Waals surface area contributed by atoms with E-state index in [-0.39, 0.29) is 4.90 Å². The second kappa shape index (κ2) is 6.37. The largest absolute Gasteiger partial charge is 0.497 e. The highest BCUT2D eigenvalue weighted by molar-refractivity contribution is 7.93. The maximum absolute atomic E-state index is 12.8. The van der Waals surface area contributed by atoms with Crippen LogP contribution in [-0.4, -0.2) is 27.6 Å². The summed E-state index contributed by atoms with van der Waals surface area (Å²) in [5.74, 6) is 1.17. The summed E-state index contributed by atoms with van der Waals surface area (Å²) in [6, 6.07) is 13.1. The van der Waals surface area contributed by atoms with E-state index in [1.165, 1.54) is 13.2 Å². The molecule has 0 spiro atoms. The first-order valence-corrected chi connectivity index (χ1v) is 8.62. The van der Waals surface area contributed by atoms with Crippen molar-refractivity contribution < 1.29 is 17.9 Å². The lowest BCUT2D eigenvalue weighted by Crippen LogP contribution is -2.13. The topological polar surface area (TPSA) is 77.5 Å². The summed E-state index contributed by atoms with van der Waals surface area (Å²) in [6.07, 6.45) is 1.60. The minimum atomic E-state index is -3.77. The number of anilines is 1. The Labute approximate surface area is 140 Å². The van der Waals surface area contributed by atoms with Crippen LogP contribution in [0.3, 0.4) is 0 Å². The molecule has 1 heterocycles. The highest BCUT2D eigenvalue weighted by Crippen LogP contribution is 2.30. The normalized spacial score (nSPS) is 11.2. The van der Waals surface area contributed by atoms with Gasteiger partial charge in [0.2, 0.25) is 0 Å². The van der Waals surface area contributed by atoms with E-state index < -0.39 is 10.0 Å². The minimum absolute atomic E-state index is 0.141. The van der Waals surface area contributed by atoms with Crippen molar-refractivity contribution in [1.29, 1.82) is 0 Å². The number of benzene rings is 2. The van der Waals surface area contributed by atoms with Crippen LogP contribution in [0.25, 0.3) is 10.9 Å². The lowest BCUT2D eigenvalue weighted by Gasteiger charge is -2.12. The summed E-state index contributed by atoms with van der Waals surface area (Å²) < 4.78 is 38.4. The van der Waals surface area contributed by atoms with Crippen molar-refractivity contribution in [2.45, 2.75) is 4.90 Å². The Morgan fingerprint density at radius 2 is 1.71 bits per heavy atom. The van der Waals surface area contributed by atoms with E-state index >= 15 is 0 Å². The number of nitrogens with zero attached hydrogens (tertiary/aromatic N) is 1. The molecule has 0 aliphatic heterocycles. The molecule has 3 rings (SSSR count). The first-order valence-electron chi connectivity index (χ1n) is 7.14. The van der Waals surface area contributed by atoms with E-state index in [9.17, 15) is 8.42 Å². The first kappa shape index (κ1) is 16.1. The summed E-state index contributed by atoms with van der Waals surface area (Å²) in [6.45, 7) is 0. The van der Waals surface area contributed by atoms with Crippen molar-refractivity contribution in [3.8, 4) is 11.5 Å². The minimum Gasteiger partial charge on any atom is -0.497 e. The lowest BCUT2D eigenvalue weighted by atomic mass is 10.2. The van der Waals surface area contributed by atoms with Crippen LogP contribution in [0.2, 0.25) is 0 Å². The second-order valence-corrected chi connectivity index (χ2v) is 6.65. The van der Waals surface area contributed by atoms with Gasteiger partial charge >= 0.3 is 0 Å². The van der Waals surface area contributed by atoms with E-state index in [2.05, 4.69) is 9.71 Å². The van der Waals surface area contributed by atoms with Gasteiger partial charge in [0.05, 0.1) is 19.1 Å². The molecule has 1 N–H and O–H groups in total. The molecule has 0 atom stereocenters. The van der Waals surface area contributed by atoms with Crippen molar-refractivity contribution in [1.82, 2.24) is 4.98 Å². The molecular weight excluding hydrogens is 328 g/mol. The van der Waals surface area contributed by atoms with Gasteiger partial charge in [-0.25, -0.2) is 8.42 Å². The van der Waals surface area contributed by atoms with E-state index in [1.54, 1.807) is 55.8 Å². The van der Waals surface area contributed by atoms with Crippen LogP contribution in [0, 0.1) is 0 Å². The molecule has 24 heavy (non-hydrogen) atoms. The maximum atomic E-state index is 12.8. The lowest BCUT2D eigenvalue weighted by molar-refractivity contribution is 0.415. The second-order valence-electron chi connectivity index (χ2n) is 5.00. The maximum Gasteiger partial charge on any atom is 0.262 e. The number of methoxy groups -OCH3 is 2. The van der Waals surface area contributed by atoms with Crippen LogP contribution >= 0.6 is 0 Å². The van der Waals surface area contributed by atoms with Gasteiger partial charge in [-0.2, -0.15) is 0 Å². The number of nitrogens with one attached hydrogen (secondary N) is 1. The Hall–Kier alpha value is -2.80. The number of aromatic nitrogens is 1. The molecule has 1 aromatic heterocycles. The zero-order valence-corrected chi connectivity index (χ0v) is 14.0. The SMILES string of the molecule is COc1ccc(NS(=O)(=O)c2ccc(OC)c3ncccc23)cc1. The van der Waals surface area contributed by atoms with Crippen LogP contribution < -0.4 is 14.2 Å². The molecule has 0 aliphatic carbocycles. The van der Waals surface area contributed by atoms with Gasteiger partial charge < -0.3 is 9.47 Å². The van der Waals surface area contributed by atoms with Gasteiger partial charge in [0, 0.05) is 17.3 Å².